The van der Waals surface area contributed by atoms with Crippen LogP contribution in [0.25, 0.3) is 0 Å². The number of rotatable bonds is 8. The van der Waals surface area contributed by atoms with Crippen LogP contribution in [0, 0.1) is 26.1 Å². The molecule has 0 heterocycles. The molecule has 2 unspecified atom stereocenters. The summed E-state index contributed by atoms with van der Waals surface area (Å²) in [6.07, 6.45) is 0. The van der Waals surface area contributed by atoms with Gasteiger partial charge in [0.25, 0.3) is 11.4 Å². The summed E-state index contributed by atoms with van der Waals surface area (Å²) in [5, 5.41) is 34.3. The molecule has 27 heavy (non-hydrogen) atoms. The van der Waals surface area contributed by atoms with E-state index in [1.165, 1.54) is 48.5 Å². The molecule has 2 N–H and O–H groups in total. The van der Waals surface area contributed by atoms with Gasteiger partial charge in [-0.3, -0.25) is 25.0 Å². The molecule has 2 atom stereocenters. The number of nitro groups is 2. The first-order valence-electron chi connectivity index (χ1n) is 7.84. The lowest BCUT2D eigenvalue weighted by molar-refractivity contribution is -0.385. The van der Waals surface area contributed by atoms with Gasteiger partial charge in [0.05, 0.1) is 15.9 Å². The molecule has 0 saturated carbocycles. The largest absolute Gasteiger partial charge is 0.481 e. The molecule has 0 aliphatic carbocycles. The quantitative estimate of drug-likeness (QED) is 0.407. The van der Waals surface area contributed by atoms with Gasteiger partial charge in [-0.05, 0) is 24.6 Å². The van der Waals surface area contributed by atoms with Crippen molar-refractivity contribution in [2.45, 2.75) is 13.0 Å². The zero-order valence-corrected chi connectivity index (χ0v) is 14.4. The SMILES string of the molecule is C=C(C)C(C(=O)O)C(Nc1ccc([N+](=O)[O-])cc1)c1ccc([N+](=O)[O-])cc1. The standard InChI is InChI=1S/C18H17N3O6/c1-11(2)16(18(22)23)17(12-3-7-14(8-4-12)20(24)25)19-13-5-9-15(10-6-13)21(26)27/h3-10,16-17,19H,1H2,2H3,(H,22,23). The Balaban J connectivity index is 2.42. The summed E-state index contributed by atoms with van der Waals surface area (Å²) in [6.45, 7) is 5.31. The molecule has 140 valence electrons. The van der Waals surface area contributed by atoms with E-state index in [1.807, 2.05) is 0 Å². The minimum absolute atomic E-state index is 0.0953. The van der Waals surface area contributed by atoms with Crippen LogP contribution in [0.1, 0.15) is 18.5 Å². The highest BCUT2D eigenvalue weighted by atomic mass is 16.6. The number of aliphatic carboxylic acids is 1. The van der Waals surface area contributed by atoms with Crippen molar-refractivity contribution in [3.05, 3.63) is 86.5 Å². The normalized spacial score (nSPS) is 12.6. The first-order valence-corrected chi connectivity index (χ1v) is 7.84. The van der Waals surface area contributed by atoms with Crippen molar-refractivity contribution in [3.8, 4) is 0 Å². The molecular formula is C18H17N3O6. The molecule has 0 spiro atoms. The van der Waals surface area contributed by atoms with Gasteiger partial charge in [-0.15, -0.1) is 0 Å². The summed E-state index contributed by atoms with van der Waals surface area (Å²) in [5.74, 6) is -2.12. The van der Waals surface area contributed by atoms with Crippen LogP contribution in [0.15, 0.2) is 60.7 Å². The average Bonchev–Trinajstić information content (AvgIpc) is 2.61. The highest BCUT2D eigenvalue weighted by Crippen LogP contribution is 2.32. The molecule has 0 radical (unpaired) electrons. The third kappa shape index (κ3) is 4.66. The predicted molar refractivity (Wildman–Crippen MR) is 98.5 cm³/mol. The zero-order valence-electron chi connectivity index (χ0n) is 14.4. The minimum Gasteiger partial charge on any atom is -0.481 e. The number of hydrogen-bond donors (Lipinski definition) is 2. The second-order valence-corrected chi connectivity index (χ2v) is 5.94. The van der Waals surface area contributed by atoms with Gasteiger partial charge in [0.2, 0.25) is 0 Å². The van der Waals surface area contributed by atoms with E-state index in [-0.39, 0.29) is 11.4 Å². The van der Waals surface area contributed by atoms with Crippen molar-refractivity contribution in [1.82, 2.24) is 0 Å². The maximum absolute atomic E-state index is 11.8. The zero-order chi connectivity index (χ0) is 20.1. The number of carboxylic acids is 1. The van der Waals surface area contributed by atoms with Crippen LogP contribution in [0.4, 0.5) is 17.1 Å². The molecule has 2 aromatic rings. The number of non-ortho nitro benzene ring substituents is 2. The number of carbonyl (C=O) groups is 1. The smallest absolute Gasteiger partial charge is 0.313 e. The molecule has 0 bridgehead atoms. The first-order chi connectivity index (χ1) is 12.7. The van der Waals surface area contributed by atoms with Crippen LogP contribution in [-0.2, 0) is 4.79 Å². The van der Waals surface area contributed by atoms with Crippen LogP contribution in [0.2, 0.25) is 0 Å². The van der Waals surface area contributed by atoms with E-state index >= 15 is 0 Å². The van der Waals surface area contributed by atoms with E-state index in [0.717, 1.165) is 0 Å². The molecule has 0 fully saturated rings. The second-order valence-electron chi connectivity index (χ2n) is 5.94. The fourth-order valence-electron chi connectivity index (χ4n) is 2.66. The Morgan fingerprint density at radius 3 is 1.81 bits per heavy atom. The number of carboxylic acid groups (broad SMARTS) is 1. The third-order valence-corrected chi connectivity index (χ3v) is 3.99. The molecule has 2 rings (SSSR count). The van der Waals surface area contributed by atoms with Crippen LogP contribution >= 0.6 is 0 Å². The topological polar surface area (TPSA) is 136 Å². The van der Waals surface area contributed by atoms with E-state index in [4.69, 9.17) is 0 Å². The number of nitrogens with zero attached hydrogens (tertiary/aromatic N) is 2. The van der Waals surface area contributed by atoms with Crippen molar-refractivity contribution >= 4 is 23.0 Å². The third-order valence-electron chi connectivity index (χ3n) is 3.99. The molecule has 0 saturated heterocycles. The second kappa shape index (κ2) is 8.09. The molecule has 9 nitrogen and oxygen atoms in total. The van der Waals surface area contributed by atoms with Crippen LogP contribution < -0.4 is 5.32 Å². The van der Waals surface area contributed by atoms with E-state index in [2.05, 4.69) is 11.9 Å². The summed E-state index contributed by atoms with van der Waals surface area (Å²) >= 11 is 0. The van der Waals surface area contributed by atoms with E-state index in [1.54, 1.807) is 6.92 Å². The summed E-state index contributed by atoms with van der Waals surface area (Å²) < 4.78 is 0. The molecule has 2 aromatic carbocycles. The Kier molecular flexibility index (Phi) is 5.86. The van der Waals surface area contributed by atoms with Gasteiger partial charge >= 0.3 is 5.97 Å². The number of benzene rings is 2. The Labute approximate surface area is 154 Å². The highest BCUT2D eigenvalue weighted by molar-refractivity contribution is 5.75. The van der Waals surface area contributed by atoms with E-state index < -0.39 is 27.8 Å². The van der Waals surface area contributed by atoms with Crippen LogP contribution in [0.3, 0.4) is 0 Å². The maximum atomic E-state index is 11.8. The monoisotopic (exact) mass is 371 g/mol. The Hall–Kier alpha value is -3.75. The minimum atomic E-state index is -1.11. The summed E-state index contributed by atoms with van der Waals surface area (Å²) in [7, 11) is 0. The fraction of sp³-hybridized carbons (Fsp3) is 0.167. The molecule has 9 heteroatoms. The van der Waals surface area contributed by atoms with Crippen LogP contribution in [-0.4, -0.2) is 20.9 Å². The molecule has 0 aromatic heterocycles. The van der Waals surface area contributed by atoms with Gasteiger partial charge in [-0.25, -0.2) is 0 Å². The Morgan fingerprint density at radius 1 is 1.00 bits per heavy atom. The van der Waals surface area contributed by atoms with E-state index in [0.29, 0.717) is 16.8 Å². The summed E-state index contributed by atoms with van der Waals surface area (Å²) in [5.41, 5.74) is 1.16. The number of nitro benzene ring substituents is 2. The van der Waals surface area contributed by atoms with E-state index in [9.17, 15) is 30.1 Å². The fourth-order valence-corrected chi connectivity index (χ4v) is 2.66. The number of anilines is 1. The Morgan fingerprint density at radius 2 is 1.44 bits per heavy atom. The lowest BCUT2D eigenvalue weighted by Crippen LogP contribution is -2.28. The summed E-state index contributed by atoms with van der Waals surface area (Å²) in [6, 6.07) is 10.3. The van der Waals surface area contributed by atoms with Gasteiger partial charge in [0.15, 0.2) is 0 Å². The lowest BCUT2D eigenvalue weighted by atomic mass is 9.87. The van der Waals surface area contributed by atoms with Crippen molar-refractivity contribution in [2.75, 3.05) is 5.32 Å². The first kappa shape index (κ1) is 19.6. The van der Waals surface area contributed by atoms with Gasteiger partial charge < -0.3 is 10.4 Å². The highest BCUT2D eigenvalue weighted by Gasteiger charge is 2.30. The van der Waals surface area contributed by atoms with Gasteiger partial charge in [0.1, 0.15) is 5.92 Å². The van der Waals surface area contributed by atoms with Crippen molar-refractivity contribution in [3.63, 3.8) is 0 Å². The number of hydrogen-bond acceptors (Lipinski definition) is 6. The average molecular weight is 371 g/mol. The predicted octanol–water partition coefficient (Wildman–Crippen LogP) is 3.93. The van der Waals surface area contributed by atoms with Crippen molar-refractivity contribution in [1.29, 1.82) is 0 Å². The van der Waals surface area contributed by atoms with Crippen LogP contribution in [0.5, 0.6) is 0 Å². The van der Waals surface area contributed by atoms with Crippen molar-refractivity contribution < 1.29 is 19.7 Å². The Bertz CT molecular complexity index is 863. The molecule has 0 aliphatic heterocycles. The molecular weight excluding hydrogens is 354 g/mol. The van der Waals surface area contributed by atoms with Gasteiger partial charge in [-0.1, -0.05) is 24.3 Å². The maximum Gasteiger partial charge on any atom is 0.313 e. The van der Waals surface area contributed by atoms with Crippen molar-refractivity contribution in [2.24, 2.45) is 5.92 Å². The lowest BCUT2D eigenvalue weighted by Gasteiger charge is -2.27. The number of nitrogens with one attached hydrogen (secondary N) is 1. The van der Waals surface area contributed by atoms with Gasteiger partial charge in [-0.2, -0.15) is 0 Å². The molecule has 0 aliphatic rings. The summed E-state index contributed by atoms with van der Waals surface area (Å²) in [4.78, 5) is 32.3. The molecule has 0 amide bonds. The van der Waals surface area contributed by atoms with Gasteiger partial charge in [0, 0.05) is 30.0 Å².